The van der Waals surface area contributed by atoms with E-state index < -0.39 is 0 Å². The normalized spacial score (nSPS) is 14.7. The van der Waals surface area contributed by atoms with Crippen molar-refractivity contribution < 1.29 is 9.53 Å². The molecule has 3 rings (SSSR count). The highest BCUT2D eigenvalue weighted by Gasteiger charge is 2.22. The molecular weight excluding hydrogens is 316 g/mol. The number of benzene rings is 1. The Balaban J connectivity index is 1.50. The third-order valence-electron chi connectivity index (χ3n) is 3.66. The molecule has 1 saturated heterocycles. The summed E-state index contributed by atoms with van der Waals surface area (Å²) < 4.78 is 5.50. The topological polar surface area (TPSA) is 58.6 Å². The van der Waals surface area contributed by atoms with Crippen LogP contribution >= 0.6 is 11.6 Å². The molecule has 0 radical (unpaired) electrons. The minimum atomic E-state index is -0.0430. The molecule has 1 aliphatic rings. The molecule has 120 valence electrons. The largest absolute Gasteiger partial charge is 0.482 e. The molecule has 2 aromatic rings. The van der Waals surface area contributed by atoms with Gasteiger partial charge < -0.3 is 14.5 Å². The number of carbonyl (C=O) groups is 1. The first-order chi connectivity index (χ1) is 11.2. The zero-order chi connectivity index (χ0) is 16.1. The number of piperazine rings is 1. The maximum Gasteiger partial charge on any atom is 0.260 e. The number of para-hydroxylation sites is 1. The summed E-state index contributed by atoms with van der Waals surface area (Å²) in [5, 5.41) is 0.506. The van der Waals surface area contributed by atoms with E-state index in [1.165, 1.54) is 0 Å². The highest BCUT2D eigenvalue weighted by Crippen LogP contribution is 2.23. The van der Waals surface area contributed by atoms with Crippen molar-refractivity contribution in [1.29, 1.82) is 0 Å². The fourth-order valence-electron chi connectivity index (χ4n) is 2.40. The maximum atomic E-state index is 12.2. The average molecular weight is 333 g/mol. The standard InChI is InChI=1S/C16H17ClN4O2/c17-13-4-1-2-5-14(13)23-12-15(22)20-8-10-21(11-9-20)16-18-6-3-7-19-16/h1-7H,8-12H2. The van der Waals surface area contributed by atoms with Crippen molar-refractivity contribution in [3.63, 3.8) is 0 Å². The zero-order valence-corrected chi connectivity index (χ0v) is 13.3. The number of carbonyl (C=O) groups excluding carboxylic acids is 1. The number of rotatable bonds is 4. The molecule has 0 N–H and O–H groups in total. The number of halogens is 1. The number of amides is 1. The van der Waals surface area contributed by atoms with Gasteiger partial charge in [0.15, 0.2) is 6.61 Å². The fraction of sp³-hybridized carbons (Fsp3) is 0.312. The summed E-state index contributed by atoms with van der Waals surface area (Å²) in [4.78, 5) is 24.6. The Kier molecular flexibility index (Phi) is 4.92. The summed E-state index contributed by atoms with van der Waals surface area (Å²) in [6.07, 6.45) is 3.44. The molecule has 7 heteroatoms. The van der Waals surface area contributed by atoms with Crippen LogP contribution in [0.2, 0.25) is 5.02 Å². The van der Waals surface area contributed by atoms with E-state index in [1.807, 2.05) is 12.1 Å². The average Bonchev–Trinajstić information content (AvgIpc) is 2.62. The zero-order valence-electron chi connectivity index (χ0n) is 12.6. The van der Waals surface area contributed by atoms with Crippen LogP contribution in [0.15, 0.2) is 42.7 Å². The Bertz CT molecular complexity index is 660. The molecule has 6 nitrogen and oxygen atoms in total. The third kappa shape index (κ3) is 3.90. The van der Waals surface area contributed by atoms with Crippen LogP contribution in [0, 0.1) is 0 Å². The van der Waals surface area contributed by atoms with Gasteiger partial charge in [-0.2, -0.15) is 0 Å². The molecule has 1 aliphatic heterocycles. The predicted molar refractivity (Wildman–Crippen MR) is 87.8 cm³/mol. The van der Waals surface area contributed by atoms with E-state index in [1.54, 1.807) is 35.5 Å². The van der Waals surface area contributed by atoms with Crippen LogP contribution in [0.4, 0.5) is 5.95 Å². The summed E-state index contributed by atoms with van der Waals surface area (Å²) in [5.74, 6) is 1.18. The Morgan fingerprint density at radius 2 is 1.78 bits per heavy atom. The molecule has 0 saturated carbocycles. The van der Waals surface area contributed by atoms with Crippen LogP contribution < -0.4 is 9.64 Å². The summed E-state index contributed by atoms with van der Waals surface area (Å²) in [5.41, 5.74) is 0. The van der Waals surface area contributed by atoms with Gasteiger partial charge in [-0.3, -0.25) is 4.79 Å². The Hall–Kier alpha value is -2.34. The predicted octanol–water partition coefficient (Wildman–Crippen LogP) is 1.86. The van der Waals surface area contributed by atoms with Crippen molar-refractivity contribution in [2.24, 2.45) is 0 Å². The molecule has 0 unspecified atom stereocenters. The van der Waals surface area contributed by atoms with Gasteiger partial charge in [0, 0.05) is 38.6 Å². The van der Waals surface area contributed by atoms with E-state index in [-0.39, 0.29) is 12.5 Å². The number of nitrogens with zero attached hydrogens (tertiary/aromatic N) is 4. The quantitative estimate of drug-likeness (QED) is 0.855. The molecule has 1 aromatic carbocycles. The summed E-state index contributed by atoms with van der Waals surface area (Å²) in [6, 6.07) is 8.92. The first-order valence-corrected chi connectivity index (χ1v) is 7.79. The van der Waals surface area contributed by atoms with Crippen LogP contribution in [-0.4, -0.2) is 53.6 Å². The van der Waals surface area contributed by atoms with Crippen molar-refractivity contribution in [2.45, 2.75) is 0 Å². The first kappa shape index (κ1) is 15.6. The number of hydrogen-bond acceptors (Lipinski definition) is 5. The van der Waals surface area contributed by atoms with Crippen molar-refractivity contribution in [3.05, 3.63) is 47.7 Å². The van der Waals surface area contributed by atoms with Crippen molar-refractivity contribution in [1.82, 2.24) is 14.9 Å². The molecular formula is C16H17ClN4O2. The van der Waals surface area contributed by atoms with Gasteiger partial charge in [-0.05, 0) is 18.2 Å². The van der Waals surface area contributed by atoms with Gasteiger partial charge in [0.1, 0.15) is 5.75 Å². The second kappa shape index (κ2) is 7.28. The van der Waals surface area contributed by atoms with E-state index in [0.717, 1.165) is 0 Å². The number of hydrogen-bond donors (Lipinski definition) is 0. The highest BCUT2D eigenvalue weighted by molar-refractivity contribution is 6.32. The van der Waals surface area contributed by atoms with E-state index in [2.05, 4.69) is 14.9 Å². The highest BCUT2D eigenvalue weighted by atomic mass is 35.5. The van der Waals surface area contributed by atoms with Gasteiger partial charge >= 0.3 is 0 Å². The summed E-state index contributed by atoms with van der Waals surface area (Å²) in [6.45, 7) is 2.67. The number of ether oxygens (including phenoxy) is 1. The van der Waals surface area contributed by atoms with Crippen LogP contribution in [0.5, 0.6) is 5.75 Å². The van der Waals surface area contributed by atoms with Crippen LogP contribution in [0.25, 0.3) is 0 Å². The van der Waals surface area contributed by atoms with Crippen LogP contribution in [0.1, 0.15) is 0 Å². The third-order valence-corrected chi connectivity index (χ3v) is 3.97. The van der Waals surface area contributed by atoms with E-state index in [0.29, 0.717) is 42.9 Å². The Morgan fingerprint density at radius 1 is 1.09 bits per heavy atom. The maximum absolute atomic E-state index is 12.2. The molecule has 2 heterocycles. The Morgan fingerprint density at radius 3 is 2.48 bits per heavy atom. The second-order valence-electron chi connectivity index (χ2n) is 5.14. The van der Waals surface area contributed by atoms with Crippen molar-refractivity contribution >= 4 is 23.5 Å². The lowest BCUT2D eigenvalue weighted by atomic mass is 10.3. The van der Waals surface area contributed by atoms with E-state index in [4.69, 9.17) is 16.3 Å². The Labute approximate surface area is 139 Å². The van der Waals surface area contributed by atoms with Crippen LogP contribution in [0.3, 0.4) is 0 Å². The molecule has 0 aliphatic carbocycles. The monoisotopic (exact) mass is 332 g/mol. The minimum absolute atomic E-state index is 0.00836. The van der Waals surface area contributed by atoms with Gasteiger partial charge in [0.05, 0.1) is 5.02 Å². The second-order valence-corrected chi connectivity index (χ2v) is 5.54. The molecule has 0 bridgehead atoms. The molecule has 1 aromatic heterocycles. The summed E-state index contributed by atoms with van der Waals surface area (Å²) in [7, 11) is 0. The van der Waals surface area contributed by atoms with Gasteiger partial charge in [0.25, 0.3) is 5.91 Å². The SMILES string of the molecule is O=C(COc1ccccc1Cl)N1CCN(c2ncccn2)CC1. The summed E-state index contributed by atoms with van der Waals surface area (Å²) >= 11 is 6.01. The lowest BCUT2D eigenvalue weighted by Crippen LogP contribution is -2.50. The molecule has 23 heavy (non-hydrogen) atoms. The lowest BCUT2D eigenvalue weighted by molar-refractivity contribution is -0.133. The number of aromatic nitrogens is 2. The van der Waals surface area contributed by atoms with Crippen LogP contribution in [-0.2, 0) is 4.79 Å². The fourth-order valence-corrected chi connectivity index (χ4v) is 2.59. The number of anilines is 1. The van der Waals surface area contributed by atoms with Gasteiger partial charge in [-0.15, -0.1) is 0 Å². The molecule has 1 fully saturated rings. The van der Waals surface area contributed by atoms with Gasteiger partial charge in [-0.25, -0.2) is 9.97 Å². The molecule has 1 amide bonds. The minimum Gasteiger partial charge on any atom is -0.482 e. The van der Waals surface area contributed by atoms with Crippen molar-refractivity contribution in [3.8, 4) is 5.75 Å². The molecule has 0 spiro atoms. The molecule has 0 atom stereocenters. The van der Waals surface area contributed by atoms with Crippen molar-refractivity contribution in [2.75, 3.05) is 37.7 Å². The lowest BCUT2D eigenvalue weighted by Gasteiger charge is -2.34. The van der Waals surface area contributed by atoms with Gasteiger partial charge in [0.2, 0.25) is 5.95 Å². The van der Waals surface area contributed by atoms with E-state index >= 15 is 0 Å². The van der Waals surface area contributed by atoms with Gasteiger partial charge in [-0.1, -0.05) is 23.7 Å². The smallest absolute Gasteiger partial charge is 0.260 e. The van der Waals surface area contributed by atoms with E-state index in [9.17, 15) is 4.79 Å². The first-order valence-electron chi connectivity index (χ1n) is 7.41.